The van der Waals surface area contributed by atoms with Crippen LogP contribution in [0, 0.1) is 11.8 Å². The molecule has 0 spiro atoms. The third-order valence-corrected chi connectivity index (χ3v) is 4.17. The highest BCUT2D eigenvalue weighted by Crippen LogP contribution is 2.40. The zero-order valence-electron chi connectivity index (χ0n) is 9.11. The minimum Gasteiger partial charge on any atom is -0.450 e. The van der Waals surface area contributed by atoms with Crippen molar-refractivity contribution in [2.24, 2.45) is 11.8 Å². The predicted octanol–water partition coefficient (Wildman–Crippen LogP) is 2.04. The summed E-state index contributed by atoms with van der Waals surface area (Å²) in [4.78, 5) is 0. The fourth-order valence-corrected chi connectivity index (χ4v) is 3.19. The Morgan fingerprint density at radius 2 is 1.71 bits per heavy atom. The van der Waals surface area contributed by atoms with Gasteiger partial charge in [0, 0.05) is 7.11 Å². The summed E-state index contributed by atoms with van der Waals surface area (Å²) in [6.07, 6.45) is 8.39. The number of rotatable bonds is 2. The first-order chi connectivity index (χ1) is 6.79. The molecular formula is C10H20B2O2. The lowest BCUT2D eigenvalue weighted by molar-refractivity contribution is 0.315. The van der Waals surface area contributed by atoms with Crippen LogP contribution in [0.1, 0.15) is 19.3 Å². The summed E-state index contributed by atoms with van der Waals surface area (Å²) in [6.45, 7) is 0.512. The van der Waals surface area contributed by atoms with Gasteiger partial charge in [0.1, 0.15) is 0 Å². The largest absolute Gasteiger partial charge is 0.450 e. The minimum absolute atomic E-state index is 0.00845. The van der Waals surface area contributed by atoms with Crippen molar-refractivity contribution in [2.75, 3.05) is 7.11 Å². The second-order valence-electron chi connectivity index (χ2n) is 5.00. The second kappa shape index (κ2) is 4.71. The number of hydrogen-bond donors (Lipinski definition) is 1. The van der Waals surface area contributed by atoms with Crippen LogP contribution in [0.25, 0.3) is 0 Å². The van der Waals surface area contributed by atoms with E-state index in [1.165, 1.54) is 31.9 Å². The Kier molecular flexibility index (Phi) is 3.56. The fraction of sp³-hybridized carbons (Fsp3) is 1.00. The molecule has 0 aromatic rings. The lowest BCUT2D eigenvalue weighted by Crippen LogP contribution is -2.25. The van der Waals surface area contributed by atoms with Gasteiger partial charge in [-0.3, -0.25) is 0 Å². The molecule has 0 aromatic carbocycles. The van der Waals surface area contributed by atoms with Crippen LogP contribution < -0.4 is 0 Å². The summed E-state index contributed by atoms with van der Waals surface area (Å²) in [5.74, 6) is 1.76. The van der Waals surface area contributed by atoms with Gasteiger partial charge in [-0.05, 0) is 37.1 Å². The van der Waals surface area contributed by atoms with E-state index in [1.807, 2.05) is 7.11 Å². The van der Waals surface area contributed by atoms with Crippen LogP contribution in [0.2, 0.25) is 25.3 Å². The fourth-order valence-electron chi connectivity index (χ4n) is 3.19. The van der Waals surface area contributed by atoms with Gasteiger partial charge in [0.05, 0.1) is 0 Å². The Morgan fingerprint density at radius 1 is 1.07 bits per heavy atom. The molecular weight excluding hydrogens is 174 g/mol. The van der Waals surface area contributed by atoms with Gasteiger partial charge in [0.25, 0.3) is 13.8 Å². The highest BCUT2D eigenvalue weighted by Gasteiger charge is 2.35. The molecule has 0 saturated carbocycles. The first-order valence-corrected chi connectivity index (χ1v) is 6.00. The van der Waals surface area contributed by atoms with Crippen LogP contribution in [0.3, 0.4) is 0 Å². The molecule has 0 amide bonds. The molecule has 2 rings (SSSR count). The van der Waals surface area contributed by atoms with E-state index < -0.39 is 0 Å². The van der Waals surface area contributed by atoms with Crippen LogP contribution in [0.15, 0.2) is 0 Å². The molecule has 2 nitrogen and oxygen atoms in total. The molecule has 1 atom stereocenters. The Balaban J connectivity index is 1.79. The Morgan fingerprint density at radius 3 is 2.29 bits per heavy atom. The van der Waals surface area contributed by atoms with E-state index in [-0.39, 0.29) is 6.92 Å². The molecule has 0 bridgehead atoms. The van der Waals surface area contributed by atoms with E-state index >= 15 is 0 Å². The molecule has 1 unspecified atom stereocenters. The summed E-state index contributed by atoms with van der Waals surface area (Å²) in [5.41, 5.74) is 0. The molecule has 2 saturated heterocycles. The lowest BCUT2D eigenvalue weighted by atomic mass is 9.52. The van der Waals surface area contributed by atoms with Crippen molar-refractivity contribution in [1.82, 2.24) is 0 Å². The van der Waals surface area contributed by atoms with Crippen molar-refractivity contribution in [3.05, 3.63) is 0 Å². The lowest BCUT2D eigenvalue weighted by Gasteiger charge is -2.28. The zero-order chi connectivity index (χ0) is 9.97. The average molecular weight is 194 g/mol. The predicted molar refractivity (Wildman–Crippen MR) is 60.8 cm³/mol. The molecule has 0 aromatic heterocycles. The summed E-state index contributed by atoms with van der Waals surface area (Å²) in [7, 11) is 1.83. The van der Waals surface area contributed by atoms with Gasteiger partial charge in [0.15, 0.2) is 0 Å². The summed E-state index contributed by atoms with van der Waals surface area (Å²) in [5, 5.41) is 9.44. The molecule has 2 heterocycles. The highest BCUT2D eigenvalue weighted by atomic mass is 16.4. The van der Waals surface area contributed by atoms with Crippen molar-refractivity contribution in [1.29, 1.82) is 0 Å². The minimum atomic E-state index is -0.00845. The molecule has 4 heteroatoms. The van der Waals surface area contributed by atoms with Crippen molar-refractivity contribution >= 4 is 13.8 Å². The van der Waals surface area contributed by atoms with Crippen LogP contribution in [0.5, 0.6) is 0 Å². The first-order valence-electron chi connectivity index (χ1n) is 6.00. The van der Waals surface area contributed by atoms with Gasteiger partial charge < -0.3 is 9.68 Å². The smallest absolute Gasteiger partial charge is 0.292 e. The van der Waals surface area contributed by atoms with Gasteiger partial charge in [-0.15, -0.1) is 0 Å². The van der Waals surface area contributed by atoms with E-state index in [4.69, 9.17) is 4.65 Å². The molecule has 14 heavy (non-hydrogen) atoms. The maximum Gasteiger partial charge on any atom is 0.292 e. The zero-order valence-corrected chi connectivity index (χ0v) is 9.11. The van der Waals surface area contributed by atoms with Gasteiger partial charge in [-0.25, -0.2) is 0 Å². The topological polar surface area (TPSA) is 29.5 Å². The van der Waals surface area contributed by atoms with E-state index in [0.717, 1.165) is 24.5 Å². The Hall–Kier alpha value is 0.0499. The molecule has 78 valence electrons. The van der Waals surface area contributed by atoms with Crippen LogP contribution in [0.4, 0.5) is 0 Å². The summed E-state index contributed by atoms with van der Waals surface area (Å²) in [6, 6.07) is 0. The Bertz CT molecular complexity index is 181. The summed E-state index contributed by atoms with van der Waals surface area (Å²) >= 11 is 0. The molecule has 2 aliphatic rings. The molecule has 2 fully saturated rings. The van der Waals surface area contributed by atoms with Crippen molar-refractivity contribution < 1.29 is 9.68 Å². The first kappa shape index (κ1) is 10.6. The van der Waals surface area contributed by atoms with E-state index in [1.54, 1.807) is 0 Å². The molecule has 0 radical (unpaired) electrons. The normalized spacial score (nSPS) is 30.0. The van der Waals surface area contributed by atoms with Gasteiger partial charge in [-0.2, -0.15) is 0 Å². The van der Waals surface area contributed by atoms with Crippen molar-refractivity contribution in [2.45, 2.75) is 44.5 Å². The van der Waals surface area contributed by atoms with Gasteiger partial charge in [0.2, 0.25) is 0 Å². The van der Waals surface area contributed by atoms with Crippen LogP contribution in [-0.2, 0) is 4.65 Å². The quantitative estimate of drug-likeness (QED) is 0.681. The maximum absolute atomic E-state index is 9.44. The standard InChI is InChI=1S/C10H20B2O2/c1-14-12-7-4-10(8-12)9-2-5-11(13)6-3-9/h9-10,13H,2-8H2,1H3. The van der Waals surface area contributed by atoms with Crippen LogP contribution >= 0.6 is 0 Å². The maximum atomic E-state index is 9.44. The number of hydrogen-bond acceptors (Lipinski definition) is 2. The second-order valence-corrected chi connectivity index (χ2v) is 5.00. The summed E-state index contributed by atoms with van der Waals surface area (Å²) < 4.78 is 5.40. The van der Waals surface area contributed by atoms with E-state index in [0.29, 0.717) is 6.92 Å². The van der Waals surface area contributed by atoms with Gasteiger partial charge in [-0.1, -0.05) is 19.3 Å². The third-order valence-electron chi connectivity index (χ3n) is 4.17. The molecule has 2 aliphatic heterocycles. The molecule has 0 aliphatic carbocycles. The Labute approximate surface area is 87.6 Å². The SMILES string of the molecule is COB1CCC(C2CCB(O)CC2)C1. The average Bonchev–Trinajstić information content (AvgIpc) is 2.67. The van der Waals surface area contributed by atoms with Crippen LogP contribution in [-0.4, -0.2) is 26.0 Å². The van der Waals surface area contributed by atoms with Crippen molar-refractivity contribution in [3.8, 4) is 0 Å². The van der Waals surface area contributed by atoms with E-state index in [2.05, 4.69) is 0 Å². The third kappa shape index (κ3) is 2.34. The highest BCUT2D eigenvalue weighted by molar-refractivity contribution is 6.52. The van der Waals surface area contributed by atoms with Crippen molar-refractivity contribution in [3.63, 3.8) is 0 Å². The monoisotopic (exact) mass is 194 g/mol. The van der Waals surface area contributed by atoms with E-state index in [9.17, 15) is 5.02 Å². The molecule has 1 N–H and O–H groups in total. The van der Waals surface area contributed by atoms with Gasteiger partial charge >= 0.3 is 0 Å².